The van der Waals surface area contributed by atoms with Crippen LogP contribution in [0.1, 0.15) is 40.0 Å². The van der Waals surface area contributed by atoms with Crippen molar-refractivity contribution >= 4 is 0 Å². The summed E-state index contributed by atoms with van der Waals surface area (Å²) >= 11 is 0. The molecule has 0 spiro atoms. The van der Waals surface area contributed by atoms with Crippen molar-refractivity contribution < 1.29 is 5.11 Å². The van der Waals surface area contributed by atoms with Crippen LogP contribution in [0, 0.1) is 5.41 Å². The van der Waals surface area contributed by atoms with E-state index in [4.69, 9.17) is 0 Å². The highest BCUT2D eigenvalue weighted by Crippen LogP contribution is 2.47. The molecule has 0 aromatic carbocycles. The predicted octanol–water partition coefficient (Wildman–Crippen LogP) is 1.54. The highest BCUT2D eigenvalue weighted by atomic mass is 16.3. The maximum absolute atomic E-state index is 9.33. The number of hydrogen-bond acceptors (Lipinski definition) is 2. The predicted molar refractivity (Wildman–Crippen MR) is 51.1 cm³/mol. The van der Waals surface area contributed by atoms with Crippen molar-refractivity contribution in [2.75, 3.05) is 6.54 Å². The molecule has 1 rings (SSSR count). The van der Waals surface area contributed by atoms with Gasteiger partial charge >= 0.3 is 0 Å². The van der Waals surface area contributed by atoms with Gasteiger partial charge in [-0.25, -0.2) is 0 Å². The van der Waals surface area contributed by atoms with E-state index in [9.17, 15) is 5.11 Å². The Hall–Kier alpha value is -0.0800. The lowest BCUT2D eigenvalue weighted by molar-refractivity contribution is 0.158. The van der Waals surface area contributed by atoms with Crippen molar-refractivity contribution in [1.82, 2.24) is 5.32 Å². The lowest BCUT2D eigenvalue weighted by atomic mass is 10.0. The monoisotopic (exact) mass is 171 g/mol. The molecule has 1 aliphatic carbocycles. The largest absolute Gasteiger partial charge is 0.392 e. The molecular formula is C10H21NO. The zero-order chi connectivity index (χ0) is 9.19. The molecule has 0 saturated heterocycles. The van der Waals surface area contributed by atoms with Crippen LogP contribution in [0.25, 0.3) is 0 Å². The van der Waals surface area contributed by atoms with E-state index in [2.05, 4.69) is 19.2 Å². The van der Waals surface area contributed by atoms with Crippen LogP contribution in [0.3, 0.4) is 0 Å². The van der Waals surface area contributed by atoms with Gasteiger partial charge in [0.1, 0.15) is 0 Å². The molecule has 0 aromatic heterocycles. The van der Waals surface area contributed by atoms with Gasteiger partial charge in [-0.05, 0) is 31.6 Å². The van der Waals surface area contributed by atoms with Crippen molar-refractivity contribution in [3.63, 3.8) is 0 Å². The van der Waals surface area contributed by atoms with Crippen LogP contribution in [0.5, 0.6) is 0 Å². The van der Waals surface area contributed by atoms with Crippen molar-refractivity contribution in [3.05, 3.63) is 0 Å². The summed E-state index contributed by atoms with van der Waals surface area (Å²) in [6.07, 6.45) is 3.35. The Bertz CT molecular complexity index is 143. The normalized spacial score (nSPS) is 25.0. The van der Waals surface area contributed by atoms with E-state index < -0.39 is 0 Å². The summed E-state index contributed by atoms with van der Waals surface area (Å²) < 4.78 is 0. The number of hydrogen-bond donors (Lipinski definition) is 2. The van der Waals surface area contributed by atoms with E-state index in [0.717, 1.165) is 13.0 Å². The summed E-state index contributed by atoms with van der Waals surface area (Å²) in [5, 5.41) is 12.7. The molecule has 2 unspecified atom stereocenters. The second-order valence-corrected chi connectivity index (χ2v) is 4.35. The van der Waals surface area contributed by atoms with Crippen LogP contribution in [0.2, 0.25) is 0 Å². The summed E-state index contributed by atoms with van der Waals surface area (Å²) in [4.78, 5) is 0. The molecule has 0 amide bonds. The first-order chi connectivity index (χ1) is 5.58. The average Bonchev–Trinajstić information content (AvgIpc) is 2.80. The smallest absolute Gasteiger partial charge is 0.0662 e. The second-order valence-electron chi connectivity index (χ2n) is 4.35. The van der Waals surface area contributed by atoms with Crippen molar-refractivity contribution in [1.29, 1.82) is 0 Å². The highest BCUT2D eigenvalue weighted by Gasteiger charge is 2.42. The lowest BCUT2D eigenvalue weighted by Gasteiger charge is -2.21. The van der Waals surface area contributed by atoms with Crippen LogP contribution in [0.4, 0.5) is 0 Å². The van der Waals surface area contributed by atoms with Crippen LogP contribution in [-0.4, -0.2) is 23.8 Å². The number of aliphatic hydroxyl groups excluding tert-OH is 1. The minimum atomic E-state index is -0.171. The molecule has 2 nitrogen and oxygen atoms in total. The summed E-state index contributed by atoms with van der Waals surface area (Å²) in [6, 6.07) is 0.554. The molecule has 2 heteroatoms. The van der Waals surface area contributed by atoms with E-state index >= 15 is 0 Å². The number of rotatable bonds is 5. The highest BCUT2D eigenvalue weighted by molar-refractivity contribution is 4.96. The van der Waals surface area contributed by atoms with Crippen LogP contribution >= 0.6 is 0 Å². The van der Waals surface area contributed by atoms with Crippen molar-refractivity contribution in [2.45, 2.75) is 52.2 Å². The van der Waals surface area contributed by atoms with Gasteiger partial charge in [0.05, 0.1) is 6.10 Å². The quantitative estimate of drug-likeness (QED) is 0.657. The molecule has 0 bridgehead atoms. The zero-order valence-corrected chi connectivity index (χ0v) is 8.43. The van der Waals surface area contributed by atoms with E-state index in [1.54, 1.807) is 0 Å². The van der Waals surface area contributed by atoms with E-state index in [1.165, 1.54) is 12.8 Å². The summed E-state index contributed by atoms with van der Waals surface area (Å²) in [5.41, 5.74) is 0.521. The molecule has 1 aliphatic rings. The first kappa shape index (κ1) is 10.0. The zero-order valence-electron chi connectivity index (χ0n) is 8.43. The van der Waals surface area contributed by atoms with E-state index in [0.29, 0.717) is 11.5 Å². The molecule has 2 N–H and O–H groups in total. The van der Waals surface area contributed by atoms with Gasteiger partial charge in [-0.15, -0.1) is 0 Å². The van der Waals surface area contributed by atoms with Crippen molar-refractivity contribution in [2.24, 2.45) is 5.41 Å². The molecule has 72 valence electrons. The van der Waals surface area contributed by atoms with Gasteiger partial charge in [-0.1, -0.05) is 13.8 Å². The Balaban J connectivity index is 2.14. The molecule has 0 aliphatic heterocycles. The molecule has 1 fully saturated rings. The average molecular weight is 171 g/mol. The fourth-order valence-corrected chi connectivity index (χ4v) is 1.33. The second kappa shape index (κ2) is 3.75. The van der Waals surface area contributed by atoms with Gasteiger partial charge in [0.25, 0.3) is 0 Å². The molecule has 0 heterocycles. The minimum Gasteiger partial charge on any atom is -0.392 e. The topological polar surface area (TPSA) is 32.3 Å². The van der Waals surface area contributed by atoms with Gasteiger partial charge in [-0.2, -0.15) is 0 Å². The fourth-order valence-electron chi connectivity index (χ4n) is 1.33. The van der Waals surface area contributed by atoms with Gasteiger partial charge in [-0.3, -0.25) is 0 Å². The lowest BCUT2D eigenvalue weighted by Crippen LogP contribution is -2.38. The molecular weight excluding hydrogens is 150 g/mol. The minimum absolute atomic E-state index is 0.171. The molecule has 12 heavy (non-hydrogen) atoms. The van der Waals surface area contributed by atoms with Gasteiger partial charge < -0.3 is 10.4 Å². The standard InChI is InChI=1S/C10H21NO/c1-4-9(12)7-11-8(2)10(3)5-6-10/h8-9,11-12H,4-7H2,1-3H3. The van der Waals surface area contributed by atoms with Gasteiger partial charge in [0.2, 0.25) is 0 Å². The van der Waals surface area contributed by atoms with Crippen LogP contribution < -0.4 is 5.32 Å². The number of nitrogens with one attached hydrogen (secondary N) is 1. The Morgan fingerprint density at radius 1 is 1.50 bits per heavy atom. The third-order valence-electron chi connectivity index (χ3n) is 3.21. The SMILES string of the molecule is CCC(O)CNC(C)C1(C)CC1. The third-order valence-corrected chi connectivity index (χ3v) is 3.21. The Labute approximate surface area is 75.4 Å². The fraction of sp³-hybridized carbons (Fsp3) is 1.00. The molecule has 2 atom stereocenters. The van der Waals surface area contributed by atoms with Crippen LogP contribution in [0.15, 0.2) is 0 Å². The van der Waals surface area contributed by atoms with Crippen molar-refractivity contribution in [3.8, 4) is 0 Å². The Morgan fingerprint density at radius 3 is 2.50 bits per heavy atom. The van der Waals surface area contributed by atoms with Crippen LogP contribution in [-0.2, 0) is 0 Å². The molecule has 1 saturated carbocycles. The summed E-state index contributed by atoms with van der Waals surface area (Å²) in [5.74, 6) is 0. The Morgan fingerprint density at radius 2 is 2.08 bits per heavy atom. The third kappa shape index (κ3) is 2.46. The van der Waals surface area contributed by atoms with E-state index in [1.807, 2.05) is 6.92 Å². The maximum atomic E-state index is 9.33. The van der Waals surface area contributed by atoms with Gasteiger partial charge in [0, 0.05) is 12.6 Å². The molecule has 0 aromatic rings. The summed E-state index contributed by atoms with van der Waals surface area (Å²) in [7, 11) is 0. The number of aliphatic hydroxyl groups is 1. The maximum Gasteiger partial charge on any atom is 0.0662 e. The first-order valence-corrected chi connectivity index (χ1v) is 5.00. The first-order valence-electron chi connectivity index (χ1n) is 5.00. The van der Waals surface area contributed by atoms with Gasteiger partial charge in [0.15, 0.2) is 0 Å². The summed E-state index contributed by atoms with van der Waals surface area (Å²) in [6.45, 7) is 7.28. The molecule has 0 radical (unpaired) electrons. The van der Waals surface area contributed by atoms with E-state index in [-0.39, 0.29) is 6.10 Å². The Kier molecular flexibility index (Phi) is 3.13.